The van der Waals surface area contributed by atoms with E-state index < -0.39 is 0 Å². The maximum Gasteiger partial charge on any atom is 0.272 e. The molecule has 5 nitrogen and oxygen atoms in total. The van der Waals surface area contributed by atoms with E-state index in [1.165, 1.54) is 31.2 Å². The van der Waals surface area contributed by atoms with Gasteiger partial charge in [-0.05, 0) is 64.5 Å². The highest BCUT2D eigenvalue weighted by molar-refractivity contribution is 5.94. The summed E-state index contributed by atoms with van der Waals surface area (Å²) in [5.74, 6) is 1.69. The van der Waals surface area contributed by atoms with Crippen LogP contribution in [0.4, 0.5) is 0 Å². The number of aromatic nitrogens is 2. The Labute approximate surface area is 150 Å². The van der Waals surface area contributed by atoms with Crippen molar-refractivity contribution in [3.05, 3.63) is 17.0 Å². The Morgan fingerprint density at radius 2 is 1.88 bits per heavy atom. The first-order valence-corrected chi connectivity index (χ1v) is 9.06. The number of carbonyl (C=O) groups excluding carboxylic acids is 1. The van der Waals surface area contributed by atoms with E-state index in [-0.39, 0.29) is 18.3 Å². The Hall–Kier alpha value is -1.07. The topological polar surface area (TPSA) is 41.4 Å². The number of hydrogen-bond donors (Lipinski definition) is 0. The molecule has 0 aromatic carbocycles. The minimum absolute atomic E-state index is 0. The number of likely N-dealkylation sites (N-methyl/N-ethyl adjacent to an activating group) is 1. The highest BCUT2D eigenvalue weighted by Crippen LogP contribution is 2.43. The van der Waals surface area contributed by atoms with Crippen molar-refractivity contribution in [2.24, 2.45) is 18.9 Å². The summed E-state index contributed by atoms with van der Waals surface area (Å²) in [6, 6.07) is 0.510. The lowest BCUT2D eigenvalue weighted by Crippen LogP contribution is -2.37. The van der Waals surface area contributed by atoms with Crippen molar-refractivity contribution in [1.29, 1.82) is 0 Å². The van der Waals surface area contributed by atoms with Crippen LogP contribution in [0.2, 0.25) is 0 Å². The van der Waals surface area contributed by atoms with Gasteiger partial charge in [0.15, 0.2) is 0 Å². The molecule has 2 heterocycles. The van der Waals surface area contributed by atoms with Gasteiger partial charge < -0.3 is 9.80 Å². The summed E-state index contributed by atoms with van der Waals surface area (Å²) in [6.07, 6.45) is 7.12. The molecule has 0 N–H and O–H groups in total. The number of aryl methyl sites for hydroxylation is 2. The number of likely N-dealkylation sites (tertiary alicyclic amines) is 1. The minimum Gasteiger partial charge on any atom is -0.335 e. The van der Waals surface area contributed by atoms with Crippen LogP contribution in [-0.4, -0.2) is 58.7 Å². The number of hydrogen-bond acceptors (Lipinski definition) is 3. The molecule has 0 unspecified atom stereocenters. The molecular weight excluding hydrogens is 324 g/mol. The predicted molar refractivity (Wildman–Crippen MR) is 96.7 cm³/mol. The van der Waals surface area contributed by atoms with Crippen LogP contribution in [0.25, 0.3) is 0 Å². The average molecular weight is 353 g/mol. The number of nitrogens with zero attached hydrogens (tertiary/aromatic N) is 4. The molecule has 24 heavy (non-hydrogen) atoms. The van der Waals surface area contributed by atoms with Crippen molar-refractivity contribution in [1.82, 2.24) is 19.6 Å². The van der Waals surface area contributed by atoms with Gasteiger partial charge in [0.25, 0.3) is 5.91 Å². The van der Waals surface area contributed by atoms with Crippen LogP contribution in [0.5, 0.6) is 0 Å². The Kier molecular flexibility index (Phi) is 4.94. The molecule has 1 aromatic heterocycles. The molecule has 1 aromatic rings. The third-order valence-electron chi connectivity index (χ3n) is 6.03. The van der Waals surface area contributed by atoms with Gasteiger partial charge in [0.2, 0.25) is 0 Å². The first-order chi connectivity index (χ1) is 11.1. The fourth-order valence-electron chi connectivity index (χ4n) is 4.61. The van der Waals surface area contributed by atoms with Crippen molar-refractivity contribution in [2.75, 3.05) is 27.2 Å². The normalized spacial score (nSPS) is 26.4. The SMILES string of the molecule is CN(C)[C@H]1CN(C(=O)c2c3c(nn2C)CCCC3)C[C@@H]1C1CC1.Cl. The van der Waals surface area contributed by atoms with Crippen molar-refractivity contribution in [3.63, 3.8) is 0 Å². The van der Waals surface area contributed by atoms with Crippen LogP contribution in [0, 0.1) is 11.8 Å². The van der Waals surface area contributed by atoms with Gasteiger partial charge in [0, 0.05) is 31.7 Å². The zero-order valence-corrected chi connectivity index (χ0v) is 15.8. The van der Waals surface area contributed by atoms with Crippen LogP contribution < -0.4 is 0 Å². The first-order valence-electron chi connectivity index (χ1n) is 9.06. The van der Waals surface area contributed by atoms with Crippen molar-refractivity contribution >= 4 is 18.3 Å². The fourth-order valence-corrected chi connectivity index (χ4v) is 4.61. The molecule has 1 saturated heterocycles. The van der Waals surface area contributed by atoms with Gasteiger partial charge in [-0.25, -0.2) is 0 Å². The molecule has 4 rings (SSSR count). The van der Waals surface area contributed by atoms with Gasteiger partial charge in [-0.15, -0.1) is 12.4 Å². The summed E-state index contributed by atoms with van der Waals surface area (Å²) in [7, 11) is 6.24. The summed E-state index contributed by atoms with van der Waals surface area (Å²) in [5.41, 5.74) is 3.23. The van der Waals surface area contributed by atoms with Gasteiger partial charge in [-0.2, -0.15) is 5.10 Å². The highest BCUT2D eigenvalue weighted by atomic mass is 35.5. The van der Waals surface area contributed by atoms with Crippen LogP contribution in [0.15, 0.2) is 0 Å². The molecule has 2 fully saturated rings. The van der Waals surface area contributed by atoms with Gasteiger partial charge in [0.1, 0.15) is 5.69 Å². The Balaban J connectivity index is 0.00000169. The molecular formula is C18H29ClN4O. The Bertz CT molecular complexity index is 613. The number of fused-ring (bicyclic) bond motifs is 1. The number of amides is 1. The molecule has 1 aliphatic heterocycles. The van der Waals surface area contributed by atoms with Crippen LogP contribution in [0.3, 0.4) is 0 Å². The van der Waals surface area contributed by atoms with E-state index in [0.29, 0.717) is 12.0 Å². The van der Waals surface area contributed by atoms with E-state index >= 15 is 0 Å². The maximum absolute atomic E-state index is 13.2. The molecule has 0 spiro atoms. The number of rotatable bonds is 3. The van der Waals surface area contributed by atoms with Crippen molar-refractivity contribution in [2.45, 2.75) is 44.6 Å². The second-order valence-corrected chi connectivity index (χ2v) is 7.85. The van der Waals surface area contributed by atoms with Gasteiger partial charge in [-0.3, -0.25) is 9.48 Å². The molecule has 1 amide bonds. The van der Waals surface area contributed by atoms with E-state index in [0.717, 1.165) is 43.2 Å². The second-order valence-electron chi connectivity index (χ2n) is 7.85. The summed E-state index contributed by atoms with van der Waals surface area (Å²) in [6.45, 7) is 1.79. The molecule has 2 atom stereocenters. The number of halogens is 1. The maximum atomic E-state index is 13.2. The van der Waals surface area contributed by atoms with Crippen LogP contribution in [0.1, 0.15) is 47.4 Å². The Morgan fingerprint density at radius 3 is 2.54 bits per heavy atom. The predicted octanol–water partition coefficient (Wildman–Crippen LogP) is 2.13. The zero-order valence-electron chi connectivity index (χ0n) is 15.0. The largest absolute Gasteiger partial charge is 0.335 e. The van der Waals surface area contributed by atoms with E-state index in [4.69, 9.17) is 0 Å². The number of carbonyl (C=O) groups is 1. The van der Waals surface area contributed by atoms with Gasteiger partial charge >= 0.3 is 0 Å². The van der Waals surface area contributed by atoms with E-state index in [2.05, 4.69) is 29.0 Å². The third-order valence-corrected chi connectivity index (χ3v) is 6.03. The first kappa shape index (κ1) is 17.7. The summed E-state index contributed by atoms with van der Waals surface area (Å²) < 4.78 is 1.84. The molecule has 1 saturated carbocycles. The molecule has 0 radical (unpaired) electrons. The molecule has 134 valence electrons. The standard InChI is InChI=1S/C18H28N4O.ClH/c1-20(2)16-11-22(10-14(16)12-8-9-12)18(23)17-13-6-4-5-7-15(13)19-21(17)3;/h12,14,16H,4-11H2,1-3H3;1H/t14-,16+;/m1./s1. The molecule has 2 aliphatic carbocycles. The summed E-state index contributed by atoms with van der Waals surface area (Å²) in [4.78, 5) is 17.6. The van der Waals surface area contributed by atoms with Gasteiger partial charge in [0.05, 0.1) is 5.69 Å². The second kappa shape index (κ2) is 6.68. The van der Waals surface area contributed by atoms with Crippen molar-refractivity contribution < 1.29 is 4.79 Å². The zero-order chi connectivity index (χ0) is 16.1. The minimum atomic E-state index is 0. The molecule has 0 bridgehead atoms. The lowest BCUT2D eigenvalue weighted by molar-refractivity contribution is 0.0768. The average Bonchev–Trinajstić information content (AvgIpc) is 3.17. The van der Waals surface area contributed by atoms with E-state index in [9.17, 15) is 4.79 Å². The summed E-state index contributed by atoms with van der Waals surface area (Å²) >= 11 is 0. The highest BCUT2D eigenvalue weighted by Gasteiger charge is 2.45. The third kappa shape index (κ3) is 2.97. The molecule has 6 heteroatoms. The lowest BCUT2D eigenvalue weighted by atomic mass is 9.95. The lowest BCUT2D eigenvalue weighted by Gasteiger charge is -2.24. The smallest absolute Gasteiger partial charge is 0.272 e. The van der Waals surface area contributed by atoms with Crippen LogP contribution in [-0.2, 0) is 19.9 Å². The van der Waals surface area contributed by atoms with Gasteiger partial charge in [-0.1, -0.05) is 0 Å². The van der Waals surface area contributed by atoms with Crippen LogP contribution >= 0.6 is 12.4 Å². The summed E-state index contributed by atoms with van der Waals surface area (Å²) in [5, 5.41) is 4.62. The molecule has 3 aliphatic rings. The van der Waals surface area contributed by atoms with E-state index in [1.807, 2.05) is 11.7 Å². The van der Waals surface area contributed by atoms with Crippen molar-refractivity contribution in [3.8, 4) is 0 Å². The fraction of sp³-hybridized carbons (Fsp3) is 0.778. The quantitative estimate of drug-likeness (QED) is 0.836. The van der Waals surface area contributed by atoms with E-state index in [1.54, 1.807) is 0 Å². The monoisotopic (exact) mass is 352 g/mol. The Morgan fingerprint density at radius 1 is 1.17 bits per heavy atom.